The number of carbonyl (C=O) groups is 3. The summed E-state index contributed by atoms with van der Waals surface area (Å²) in [5.74, 6) is -1.74. The Morgan fingerprint density at radius 3 is 1.20 bits per heavy atom. The maximum Gasteiger partial charge on any atom is 0.306 e. The highest BCUT2D eigenvalue weighted by atomic mass is 16.6. The van der Waals surface area contributed by atoms with Crippen LogP contribution in [0.4, 0.5) is 0 Å². The molecule has 0 aliphatic carbocycles. The predicted molar refractivity (Wildman–Crippen MR) is 272 cm³/mol. The van der Waals surface area contributed by atoms with E-state index in [4.69, 9.17) is 14.2 Å². The van der Waals surface area contributed by atoms with Gasteiger partial charge in [0.25, 0.3) is 0 Å². The SMILES string of the molecule is CC/C=C/C/C=C/C/C=C/CCCCCCCCCCCCCC(=O)OC(COCCC(C(=O)[O-])[N+](C)(C)C)COC(=O)CCCCCCCCCCCC/C=C/C/C=C/C/C=C/CC. The second kappa shape index (κ2) is 47.3. The first-order valence-corrected chi connectivity index (χ1v) is 26.5. The first-order chi connectivity index (χ1) is 31.6. The average molecular weight is 910 g/mol. The van der Waals surface area contributed by atoms with Gasteiger partial charge in [-0.2, -0.15) is 0 Å². The van der Waals surface area contributed by atoms with Crippen molar-refractivity contribution in [3.8, 4) is 0 Å². The van der Waals surface area contributed by atoms with E-state index in [1.165, 1.54) is 109 Å². The summed E-state index contributed by atoms with van der Waals surface area (Å²) in [6.45, 7) is 4.45. The van der Waals surface area contributed by atoms with Crippen molar-refractivity contribution in [3.63, 3.8) is 0 Å². The number of likely N-dealkylation sites (N-methyl/N-ethyl adjacent to an activating group) is 1. The number of unbranched alkanes of at least 4 members (excludes halogenated alkanes) is 21. The Morgan fingerprint density at radius 1 is 0.462 bits per heavy atom. The molecule has 0 aliphatic heterocycles. The van der Waals surface area contributed by atoms with Crippen LogP contribution in [0.3, 0.4) is 0 Å². The summed E-state index contributed by atoms with van der Waals surface area (Å²) in [6.07, 6.45) is 60.7. The van der Waals surface area contributed by atoms with Crippen molar-refractivity contribution < 1.29 is 38.2 Å². The van der Waals surface area contributed by atoms with Crippen molar-refractivity contribution in [2.45, 2.75) is 231 Å². The number of hydrogen-bond donors (Lipinski definition) is 0. The standard InChI is InChI=1S/C57H99NO7/c1-6-8-10-12-14-16-18-20-22-24-26-28-30-32-34-36-38-40-42-44-46-48-56(60)65-53(51-63-50-49-54(57(61)62)58(3,4)5)52-64-55(59)47-45-43-41-39-37-35-33-31-29-27-25-23-21-19-17-15-13-11-9-7-2/h8-11,14-17,20-23,53-54H,6-7,12-13,18-19,24-52H2,1-5H3/b10-8+,11-9+,16-14+,17-15+,22-20+,23-21+. The zero-order chi connectivity index (χ0) is 47.7. The Hall–Kier alpha value is -3.23. The van der Waals surface area contributed by atoms with Gasteiger partial charge in [-0.1, -0.05) is 196 Å². The van der Waals surface area contributed by atoms with Gasteiger partial charge < -0.3 is 28.6 Å². The Bertz CT molecular complexity index is 1290. The molecule has 0 fully saturated rings. The number of aliphatic carboxylic acids is 1. The summed E-state index contributed by atoms with van der Waals surface area (Å²) in [5.41, 5.74) is 0. The van der Waals surface area contributed by atoms with Crippen LogP contribution in [-0.4, -0.2) is 75.5 Å². The molecule has 0 amide bonds. The molecular weight excluding hydrogens is 811 g/mol. The Balaban J connectivity index is 4.22. The average Bonchev–Trinajstić information content (AvgIpc) is 3.27. The van der Waals surface area contributed by atoms with Gasteiger partial charge in [0.05, 0.1) is 40.3 Å². The van der Waals surface area contributed by atoms with Gasteiger partial charge in [-0.15, -0.1) is 0 Å². The Labute approximate surface area is 400 Å². The van der Waals surface area contributed by atoms with Crippen LogP contribution in [0.15, 0.2) is 72.9 Å². The van der Waals surface area contributed by atoms with Crippen molar-refractivity contribution in [1.82, 2.24) is 0 Å². The van der Waals surface area contributed by atoms with Gasteiger partial charge in [0.2, 0.25) is 0 Å². The smallest absolute Gasteiger partial charge is 0.306 e. The van der Waals surface area contributed by atoms with Crippen LogP contribution < -0.4 is 5.11 Å². The lowest BCUT2D eigenvalue weighted by molar-refractivity contribution is -0.889. The molecule has 0 radical (unpaired) electrons. The summed E-state index contributed by atoms with van der Waals surface area (Å²) < 4.78 is 17.3. The van der Waals surface area contributed by atoms with E-state index in [-0.39, 0.29) is 42.7 Å². The molecule has 0 saturated heterocycles. The number of carboxylic acids is 1. The molecule has 0 aromatic carbocycles. The topological polar surface area (TPSA) is 102 Å². The van der Waals surface area contributed by atoms with Crippen molar-refractivity contribution in [3.05, 3.63) is 72.9 Å². The highest BCUT2D eigenvalue weighted by molar-refractivity contribution is 5.70. The van der Waals surface area contributed by atoms with Gasteiger partial charge in [0.15, 0.2) is 6.10 Å². The van der Waals surface area contributed by atoms with Crippen LogP contribution in [0, 0.1) is 0 Å². The molecule has 0 aromatic heterocycles. The molecule has 0 heterocycles. The van der Waals surface area contributed by atoms with Gasteiger partial charge in [-0.25, -0.2) is 0 Å². The van der Waals surface area contributed by atoms with Crippen molar-refractivity contribution in [1.29, 1.82) is 0 Å². The van der Waals surface area contributed by atoms with E-state index in [0.29, 0.717) is 12.8 Å². The maximum atomic E-state index is 12.8. The highest BCUT2D eigenvalue weighted by Gasteiger charge is 2.25. The minimum absolute atomic E-state index is 0.0366. The van der Waals surface area contributed by atoms with Crippen molar-refractivity contribution in [2.75, 3.05) is 41.0 Å². The molecule has 0 saturated carbocycles. The third-order valence-electron chi connectivity index (χ3n) is 11.6. The van der Waals surface area contributed by atoms with Gasteiger partial charge in [-0.05, 0) is 77.0 Å². The van der Waals surface area contributed by atoms with Gasteiger partial charge in [0, 0.05) is 19.3 Å². The molecule has 2 unspecified atom stereocenters. The zero-order valence-corrected chi connectivity index (χ0v) is 42.6. The van der Waals surface area contributed by atoms with Crippen LogP contribution >= 0.6 is 0 Å². The normalized spacial score (nSPS) is 13.4. The Kier molecular flexibility index (Phi) is 44.9. The second-order valence-electron chi connectivity index (χ2n) is 18.7. The minimum Gasteiger partial charge on any atom is -0.544 e. The summed E-state index contributed by atoms with van der Waals surface area (Å²) in [6, 6.07) is -0.730. The van der Waals surface area contributed by atoms with Crippen LogP contribution in [0.1, 0.15) is 219 Å². The fourth-order valence-electron chi connectivity index (χ4n) is 7.57. The number of quaternary nitrogens is 1. The monoisotopic (exact) mass is 910 g/mol. The number of allylic oxidation sites excluding steroid dienone is 12. The number of nitrogens with zero attached hydrogens (tertiary/aromatic N) is 1. The molecule has 0 bridgehead atoms. The lowest BCUT2D eigenvalue weighted by Crippen LogP contribution is -2.55. The molecule has 0 rings (SSSR count). The quantitative estimate of drug-likeness (QED) is 0.0259. The molecular formula is C57H99NO7. The van der Waals surface area contributed by atoms with Gasteiger partial charge in [-0.3, -0.25) is 9.59 Å². The lowest BCUT2D eigenvalue weighted by Gasteiger charge is -2.34. The number of hydrogen-bond acceptors (Lipinski definition) is 7. The maximum absolute atomic E-state index is 12.8. The Morgan fingerprint density at radius 2 is 0.815 bits per heavy atom. The first-order valence-electron chi connectivity index (χ1n) is 26.5. The van der Waals surface area contributed by atoms with Crippen molar-refractivity contribution >= 4 is 17.9 Å². The number of rotatable bonds is 47. The van der Waals surface area contributed by atoms with E-state index in [1.54, 1.807) is 21.1 Å². The number of carbonyl (C=O) groups excluding carboxylic acids is 3. The van der Waals surface area contributed by atoms with E-state index in [2.05, 4.69) is 86.8 Å². The molecule has 0 spiro atoms. The van der Waals surface area contributed by atoms with Crippen LogP contribution in [-0.2, 0) is 28.6 Å². The van der Waals surface area contributed by atoms with Crippen LogP contribution in [0.25, 0.3) is 0 Å². The van der Waals surface area contributed by atoms with E-state index in [9.17, 15) is 19.5 Å². The molecule has 2 atom stereocenters. The zero-order valence-electron chi connectivity index (χ0n) is 42.6. The van der Waals surface area contributed by atoms with Crippen LogP contribution in [0.5, 0.6) is 0 Å². The predicted octanol–water partition coefficient (Wildman–Crippen LogP) is 14.1. The van der Waals surface area contributed by atoms with Crippen molar-refractivity contribution in [2.24, 2.45) is 0 Å². The van der Waals surface area contributed by atoms with Gasteiger partial charge in [0.1, 0.15) is 12.6 Å². The van der Waals surface area contributed by atoms with Gasteiger partial charge >= 0.3 is 11.9 Å². The molecule has 0 N–H and O–H groups in total. The highest BCUT2D eigenvalue weighted by Crippen LogP contribution is 2.16. The fourth-order valence-corrected chi connectivity index (χ4v) is 7.57. The lowest BCUT2D eigenvalue weighted by atomic mass is 10.0. The first kappa shape index (κ1) is 61.8. The number of ether oxygens (including phenoxy) is 3. The fraction of sp³-hybridized carbons (Fsp3) is 0.737. The number of esters is 2. The van der Waals surface area contributed by atoms with E-state index < -0.39 is 18.1 Å². The minimum atomic E-state index is -1.13. The van der Waals surface area contributed by atoms with E-state index in [0.717, 1.165) is 77.0 Å². The van der Waals surface area contributed by atoms with Crippen LogP contribution in [0.2, 0.25) is 0 Å². The second-order valence-corrected chi connectivity index (χ2v) is 18.7. The third-order valence-corrected chi connectivity index (χ3v) is 11.6. The summed E-state index contributed by atoms with van der Waals surface area (Å²) >= 11 is 0. The molecule has 0 aromatic rings. The summed E-state index contributed by atoms with van der Waals surface area (Å²) in [4.78, 5) is 37.1. The third kappa shape index (κ3) is 45.7. The molecule has 0 aliphatic rings. The largest absolute Gasteiger partial charge is 0.544 e. The van der Waals surface area contributed by atoms with E-state index in [1.807, 2.05) is 0 Å². The molecule has 8 nitrogen and oxygen atoms in total. The molecule has 65 heavy (non-hydrogen) atoms. The van der Waals surface area contributed by atoms with E-state index >= 15 is 0 Å². The number of carboxylic acid groups (broad SMARTS) is 1. The summed E-state index contributed by atoms with van der Waals surface area (Å²) in [5, 5.41) is 11.7. The summed E-state index contributed by atoms with van der Waals surface area (Å²) in [7, 11) is 5.41. The molecule has 374 valence electrons. The molecule has 8 heteroatoms.